The number of hydrogen-bond donors (Lipinski definition) is 2. The van der Waals surface area contributed by atoms with Crippen molar-refractivity contribution in [3.63, 3.8) is 0 Å². The third-order valence-electron chi connectivity index (χ3n) is 5.97. The molecule has 9 nitrogen and oxygen atoms in total. The van der Waals surface area contributed by atoms with Gasteiger partial charge in [0.05, 0.1) is 0 Å². The van der Waals surface area contributed by atoms with Crippen LogP contribution in [0.4, 0.5) is 22.0 Å². The van der Waals surface area contributed by atoms with E-state index in [-0.39, 0.29) is 17.6 Å². The van der Waals surface area contributed by atoms with Crippen molar-refractivity contribution in [1.82, 2.24) is 15.0 Å². The van der Waals surface area contributed by atoms with Crippen LogP contribution >= 0.6 is 0 Å². The minimum absolute atomic E-state index is 0.0416. The largest absolute Gasteiger partial charge is 0.369 e. The molecule has 1 aromatic carbocycles. The average Bonchev–Trinajstić information content (AvgIpc) is 3.30. The molecule has 1 saturated heterocycles. The lowest BCUT2D eigenvalue weighted by atomic mass is 9.93. The number of aromatic nitrogens is 2. The fraction of sp³-hybridized carbons (Fsp3) is 0.385. The van der Waals surface area contributed by atoms with Gasteiger partial charge in [-0.2, -0.15) is 0 Å². The van der Waals surface area contributed by atoms with Gasteiger partial charge < -0.3 is 19.6 Å². The van der Waals surface area contributed by atoms with Crippen molar-refractivity contribution in [3.8, 4) is 0 Å². The number of amides is 2. The summed E-state index contributed by atoms with van der Waals surface area (Å²) in [6, 6.07) is 12.3. The molecule has 4 rings (SSSR count). The summed E-state index contributed by atoms with van der Waals surface area (Å²) in [5.74, 6) is 0.992. The number of pyridine rings is 1. The smallest absolute Gasteiger partial charge is 0.324 e. The number of nitrogens with zero attached hydrogens (tertiary/aromatic N) is 4. The Bertz CT molecular complexity index is 1170. The van der Waals surface area contributed by atoms with Crippen molar-refractivity contribution in [2.24, 2.45) is 0 Å². The normalized spacial score (nSPS) is 14.6. The zero-order valence-corrected chi connectivity index (χ0v) is 20.7. The number of anilines is 3. The fourth-order valence-electron chi connectivity index (χ4n) is 3.78. The molecule has 0 saturated carbocycles. The highest BCUT2D eigenvalue weighted by Gasteiger charge is 2.20. The van der Waals surface area contributed by atoms with Gasteiger partial charge in [0.1, 0.15) is 11.5 Å². The maximum Gasteiger partial charge on any atom is 0.324 e. The Labute approximate surface area is 205 Å². The number of ketones is 1. The average molecular weight is 477 g/mol. The lowest BCUT2D eigenvalue weighted by molar-refractivity contribution is 0.0988. The van der Waals surface area contributed by atoms with Crippen LogP contribution in [-0.2, 0) is 11.8 Å². The summed E-state index contributed by atoms with van der Waals surface area (Å²) < 4.78 is 5.28. The zero-order chi connectivity index (χ0) is 25.0. The van der Waals surface area contributed by atoms with E-state index in [1.807, 2.05) is 45.0 Å². The van der Waals surface area contributed by atoms with Crippen LogP contribution in [0.2, 0.25) is 0 Å². The van der Waals surface area contributed by atoms with E-state index in [1.165, 1.54) is 0 Å². The number of hydrogen-bond acceptors (Lipinski definition) is 7. The molecule has 3 heterocycles. The number of urea groups is 1. The Morgan fingerprint density at radius 2 is 1.71 bits per heavy atom. The van der Waals surface area contributed by atoms with Gasteiger partial charge in [0.25, 0.3) is 0 Å². The Kier molecular flexibility index (Phi) is 7.16. The minimum atomic E-state index is -0.424. The summed E-state index contributed by atoms with van der Waals surface area (Å²) >= 11 is 0. The maximum atomic E-state index is 12.9. The van der Waals surface area contributed by atoms with Crippen LogP contribution in [0, 0.1) is 0 Å². The van der Waals surface area contributed by atoms with Gasteiger partial charge in [-0.15, -0.1) is 0 Å². The Hall–Kier alpha value is -3.72. The lowest BCUT2D eigenvalue weighted by Gasteiger charge is -2.34. The molecule has 35 heavy (non-hydrogen) atoms. The fourth-order valence-corrected chi connectivity index (χ4v) is 3.78. The third kappa shape index (κ3) is 6.45. The van der Waals surface area contributed by atoms with Crippen molar-refractivity contribution in [2.75, 3.05) is 48.8 Å². The number of carbonyl (C=O) groups is 2. The molecule has 2 aromatic heterocycles. The van der Waals surface area contributed by atoms with E-state index < -0.39 is 6.03 Å². The minimum Gasteiger partial charge on any atom is -0.369 e. The van der Waals surface area contributed by atoms with E-state index >= 15 is 0 Å². The lowest BCUT2D eigenvalue weighted by Crippen LogP contribution is -2.44. The standard InChI is InChI=1S/C26H32N6O3/c1-26(2,3)23-17-24(30-35-23)29-25(34)28-19-7-5-18(6-8-19)15-22(33)21-16-20(9-10-27-21)32-13-11-31(4)12-14-32/h5-10,16-17H,11-15H2,1-4H3,(H2,28,29,30,34). The van der Waals surface area contributed by atoms with Gasteiger partial charge in [-0.3, -0.25) is 15.1 Å². The molecule has 0 unspecified atom stereocenters. The van der Waals surface area contributed by atoms with Crippen molar-refractivity contribution < 1.29 is 14.1 Å². The first kappa shape index (κ1) is 24.4. The summed E-state index contributed by atoms with van der Waals surface area (Å²) in [6.07, 6.45) is 1.94. The molecule has 2 N–H and O–H groups in total. The number of Topliss-reactive ketones (excluding diaryl/α,β-unsaturated/α-hetero) is 1. The van der Waals surface area contributed by atoms with Crippen LogP contribution < -0.4 is 15.5 Å². The van der Waals surface area contributed by atoms with E-state index in [2.05, 4.69) is 37.6 Å². The van der Waals surface area contributed by atoms with Gasteiger partial charge in [-0.1, -0.05) is 38.1 Å². The quantitative estimate of drug-likeness (QED) is 0.514. The molecule has 1 aliphatic rings. The molecule has 3 aromatic rings. The number of likely N-dealkylation sites (N-methyl/N-ethyl adjacent to an activating group) is 1. The summed E-state index contributed by atoms with van der Waals surface area (Å²) in [5.41, 5.74) is 2.75. The first-order valence-corrected chi connectivity index (χ1v) is 11.7. The molecule has 0 aliphatic carbocycles. The highest BCUT2D eigenvalue weighted by molar-refractivity contribution is 5.99. The predicted molar refractivity (Wildman–Crippen MR) is 136 cm³/mol. The second kappa shape index (κ2) is 10.3. The zero-order valence-electron chi connectivity index (χ0n) is 20.7. The number of nitrogens with one attached hydrogen (secondary N) is 2. The molecule has 0 spiro atoms. The first-order chi connectivity index (χ1) is 16.7. The van der Waals surface area contributed by atoms with Gasteiger partial charge >= 0.3 is 6.03 Å². The second-order valence-corrected chi connectivity index (χ2v) is 9.89. The predicted octanol–water partition coefficient (Wildman–Crippen LogP) is 4.19. The summed E-state index contributed by atoms with van der Waals surface area (Å²) in [4.78, 5) is 34.0. The van der Waals surface area contributed by atoms with Gasteiger partial charge in [-0.05, 0) is 36.9 Å². The maximum absolute atomic E-state index is 12.9. The molecule has 1 aliphatic heterocycles. The van der Waals surface area contributed by atoms with Gasteiger partial charge in [0.2, 0.25) is 0 Å². The van der Waals surface area contributed by atoms with Gasteiger partial charge in [0, 0.05) is 61.7 Å². The van der Waals surface area contributed by atoms with E-state index in [0.29, 0.717) is 23.0 Å². The van der Waals surface area contributed by atoms with E-state index in [4.69, 9.17) is 4.52 Å². The van der Waals surface area contributed by atoms with E-state index in [1.54, 1.807) is 24.4 Å². The molecule has 1 fully saturated rings. The number of carbonyl (C=O) groups excluding carboxylic acids is 2. The topological polar surface area (TPSA) is 104 Å². The summed E-state index contributed by atoms with van der Waals surface area (Å²) in [5, 5.41) is 9.31. The van der Waals surface area contributed by atoms with Crippen LogP contribution in [-0.4, -0.2) is 60.1 Å². The van der Waals surface area contributed by atoms with Crippen LogP contribution in [0.5, 0.6) is 0 Å². The first-order valence-electron chi connectivity index (χ1n) is 11.7. The summed E-state index contributed by atoms with van der Waals surface area (Å²) in [6.45, 7) is 9.88. The SMILES string of the molecule is CN1CCN(c2ccnc(C(=O)Cc3ccc(NC(=O)Nc4cc(C(C)(C)C)on4)cc3)c2)CC1. The molecule has 0 atom stereocenters. The molecule has 9 heteroatoms. The molecule has 0 radical (unpaired) electrons. The van der Waals surface area contributed by atoms with Crippen LogP contribution in [0.3, 0.4) is 0 Å². The van der Waals surface area contributed by atoms with Crippen molar-refractivity contribution >= 4 is 29.0 Å². The highest BCUT2D eigenvalue weighted by Crippen LogP contribution is 2.24. The third-order valence-corrected chi connectivity index (χ3v) is 5.97. The summed E-state index contributed by atoms with van der Waals surface area (Å²) in [7, 11) is 2.12. The monoisotopic (exact) mass is 476 g/mol. The molecule has 2 amide bonds. The second-order valence-electron chi connectivity index (χ2n) is 9.89. The molecule has 0 bridgehead atoms. The number of piperazine rings is 1. The Morgan fingerprint density at radius 3 is 2.37 bits per heavy atom. The van der Waals surface area contributed by atoms with Crippen molar-refractivity contribution in [2.45, 2.75) is 32.6 Å². The van der Waals surface area contributed by atoms with Crippen molar-refractivity contribution in [1.29, 1.82) is 0 Å². The van der Waals surface area contributed by atoms with E-state index in [0.717, 1.165) is 37.4 Å². The van der Waals surface area contributed by atoms with Crippen LogP contribution in [0.1, 0.15) is 42.6 Å². The van der Waals surface area contributed by atoms with Crippen LogP contribution in [0.25, 0.3) is 0 Å². The van der Waals surface area contributed by atoms with Gasteiger partial charge in [0.15, 0.2) is 11.6 Å². The Morgan fingerprint density at radius 1 is 1.00 bits per heavy atom. The number of rotatable bonds is 6. The van der Waals surface area contributed by atoms with Gasteiger partial charge in [-0.25, -0.2) is 4.79 Å². The van der Waals surface area contributed by atoms with E-state index in [9.17, 15) is 9.59 Å². The number of benzene rings is 1. The Balaban J connectivity index is 1.32. The highest BCUT2D eigenvalue weighted by atomic mass is 16.5. The van der Waals surface area contributed by atoms with Crippen molar-refractivity contribution in [3.05, 3.63) is 65.7 Å². The molecular weight excluding hydrogens is 444 g/mol. The van der Waals surface area contributed by atoms with Crippen LogP contribution in [0.15, 0.2) is 53.2 Å². The molecule has 184 valence electrons. The molecular formula is C26H32N6O3.